The number of hydrogen-bond donors (Lipinski definition) is 2. The molecule has 30 heavy (non-hydrogen) atoms. The number of nitrogens with zero attached hydrogens (tertiary/aromatic N) is 2. The van der Waals surface area contributed by atoms with Crippen molar-refractivity contribution in [2.75, 3.05) is 47.0 Å². The average Bonchev–Trinajstić information content (AvgIpc) is 2.78. The summed E-state index contributed by atoms with van der Waals surface area (Å²) in [6.45, 7) is 6.39. The number of hydrogen-bond acceptors (Lipinski definition) is 4. The fraction of sp³-hybridized carbons (Fsp3) is 0.435. The molecule has 1 saturated heterocycles. The van der Waals surface area contributed by atoms with Crippen LogP contribution in [0, 0.1) is 12.7 Å². The SMILES string of the molecule is CN=C(NCc1ccc(C)cc1OC)NCC(c1ccc(F)cc1)N1CCOCC1. The van der Waals surface area contributed by atoms with Crippen molar-refractivity contribution in [2.24, 2.45) is 4.99 Å². The Bertz CT molecular complexity index is 836. The molecule has 0 amide bonds. The first-order valence-corrected chi connectivity index (χ1v) is 10.3. The molecule has 0 aromatic heterocycles. The highest BCUT2D eigenvalue weighted by Crippen LogP contribution is 2.22. The van der Waals surface area contributed by atoms with Gasteiger partial charge in [-0.1, -0.05) is 24.3 Å². The Morgan fingerprint density at radius 2 is 1.90 bits per heavy atom. The predicted molar refractivity (Wildman–Crippen MR) is 117 cm³/mol. The fourth-order valence-electron chi connectivity index (χ4n) is 3.62. The monoisotopic (exact) mass is 414 g/mol. The van der Waals surface area contributed by atoms with E-state index >= 15 is 0 Å². The van der Waals surface area contributed by atoms with E-state index in [0.29, 0.717) is 32.3 Å². The Morgan fingerprint density at radius 1 is 1.17 bits per heavy atom. The lowest BCUT2D eigenvalue weighted by Gasteiger charge is -2.35. The number of guanidine groups is 1. The van der Waals surface area contributed by atoms with E-state index in [-0.39, 0.29) is 11.9 Å². The van der Waals surface area contributed by atoms with Gasteiger partial charge in [0.25, 0.3) is 0 Å². The summed E-state index contributed by atoms with van der Waals surface area (Å²) in [5.41, 5.74) is 3.29. The van der Waals surface area contributed by atoms with Gasteiger partial charge in [-0.25, -0.2) is 4.39 Å². The van der Waals surface area contributed by atoms with Gasteiger partial charge in [0, 0.05) is 38.8 Å². The molecule has 0 bridgehead atoms. The Labute approximate surface area is 178 Å². The van der Waals surface area contributed by atoms with Gasteiger partial charge in [-0.05, 0) is 36.2 Å². The number of rotatable bonds is 7. The summed E-state index contributed by atoms with van der Waals surface area (Å²) in [5, 5.41) is 6.78. The molecule has 3 rings (SSSR count). The summed E-state index contributed by atoms with van der Waals surface area (Å²) in [4.78, 5) is 6.71. The third-order valence-electron chi connectivity index (χ3n) is 5.32. The lowest BCUT2D eigenvalue weighted by atomic mass is 10.0. The minimum absolute atomic E-state index is 0.0990. The van der Waals surface area contributed by atoms with E-state index in [2.05, 4.69) is 32.7 Å². The molecule has 1 unspecified atom stereocenters. The summed E-state index contributed by atoms with van der Waals surface area (Å²) in [6, 6.07) is 13.0. The van der Waals surface area contributed by atoms with Crippen molar-refractivity contribution >= 4 is 5.96 Å². The van der Waals surface area contributed by atoms with Crippen LogP contribution < -0.4 is 15.4 Å². The van der Waals surface area contributed by atoms with E-state index in [0.717, 1.165) is 35.5 Å². The highest BCUT2D eigenvalue weighted by Gasteiger charge is 2.23. The third kappa shape index (κ3) is 5.93. The van der Waals surface area contributed by atoms with Crippen molar-refractivity contribution in [2.45, 2.75) is 19.5 Å². The summed E-state index contributed by atoms with van der Waals surface area (Å²) in [5.74, 6) is 1.34. The molecule has 0 spiro atoms. The third-order valence-corrected chi connectivity index (χ3v) is 5.32. The molecule has 0 aliphatic carbocycles. The van der Waals surface area contributed by atoms with E-state index in [1.165, 1.54) is 12.1 Å². The van der Waals surface area contributed by atoms with Crippen LogP contribution in [0.5, 0.6) is 5.75 Å². The summed E-state index contributed by atoms with van der Waals surface area (Å²) < 4.78 is 24.4. The first kappa shape index (κ1) is 22.1. The van der Waals surface area contributed by atoms with E-state index in [1.54, 1.807) is 14.2 Å². The molecule has 1 fully saturated rings. The van der Waals surface area contributed by atoms with E-state index in [1.807, 2.05) is 25.1 Å². The van der Waals surface area contributed by atoms with E-state index < -0.39 is 0 Å². The number of methoxy groups -OCH3 is 1. The topological polar surface area (TPSA) is 58.1 Å². The van der Waals surface area contributed by atoms with Crippen molar-refractivity contribution in [1.29, 1.82) is 0 Å². The molecule has 6 nitrogen and oxygen atoms in total. The normalized spacial score (nSPS) is 16.2. The van der Waals surface area contributed by atoms with Crippen molar-refractivity contribution in [1.82, 2.24) is 15.5 Å². The largest absolute Gasteiger partial charge is 0.496 e. The van der Waals surface area contributed by atoms with Crippen LogP contribution in [-0.2, 0) is 11.3 Å². The number of morpholine rings is 1. The zero-order chi connectivity index (χ0) is 21.3. The second-order valence-corrected chi connectivity index (χ2v) is 7.34. The Hall–Kier alpha value is -2.64. The minimum atomic E-state index is -0.225. The number of aryl methyl sites for hydroxylation is 1. The van der Waals surface area contributed by atoms with Gasteiger partial charge in [0.1, 0.15) is 11.6 Å². The van der Waals surface area contributed by atoms with Gasteiger partial charge >= 0.3 is 0 Å². The first-order valence-electron chi connectivity index (χ1n) is 10.3. The molecular formula is C23H31FN4O2. The van der Waals surface area contributed by atoms with Gasteiger partial charge in [-0.15, -0.1) is 0 Å². The summed E-state index contributed by atoms with van der Waals surface area (Å²) in [7, 11) is 3.43. The lowest BCUT2D eigenvalue weighted by molar-refractivity contribution is 0.0170. The number of halogens is 1. The number of benzene rings is 2. The van der Waals surface area contributed by atoms with Gasteiger partial charge in [0.2, 0.25) is 0 Å². The molecule has 162 valence electrons. The van der Waals surface area contributed by atoms with Crippen LogP contribution in [0.3, 0.4) is 0 Å². The Morgan fingerprint density at radius 3 is 2.57 bits per heavy atom. The van der Waals surface area contributed by atoms with Crippen LogP contribution in [0.4, 0.5) is 4.39 Å². The minimum Gasteiger partial charge on any atom is -0.496 e. The Balaban J connectivity index is 1.65. The van der Waals surface area contributed by atoms with Crippen LogP contribution in [0.1, 0.15) is 22.7 Å². The lowest BCUT2D eigenvalue weighted by Crippen LogP contribution is -2.46. The zero-order valence-electron chi connectivity index (χ0n) is 18.0. The average molecular weight is 415 g/mol. The van der Waals surface area contributed by atoms with Gasteiger partial charge in [-0.2, -0.15) is 0 Å². The van der Waals surface area contributed by atoms with Crippen LogP contribution in [-0.4, -0.2) is 57.9 Å². The van der Waals surface area contributed by atoms with Crippen molar-refractivity contribution in [3.8, 4) is 5.75 Å². The predicted octanol–water partition coefficient (Wildman–Crippen LogP) is 2.88. The van der Waals surface area contributed by atoms with Gasteiger partial charge < -0.3 is 20.1 Å². The molecule has 2 N–H and O–H groups in total. The number of nitrogens with one attached hydrogen (secondary N) is 2. The zero-order valence-corrected chi connectivity index (χ0v) is 18.0. The molecule has 1 atom stereocenters. The maximum atomic E-state index is 13.4. The van der Waals surface area contributed by atoms with Crippen LogP contribution in [0.15, 0.2) is 47.5 Å². The molecule has 2 aromatic carbocycles. The molecular weight excluding hydrogens is 383 g/mol. The van der Waals surface area contributed by atoms with E-state index in [4.69, 9.17) is 9.47 Å². The van der Waals surface area contributed by atoms with E-state index in [9.17, 15) is 4.39 Å². The molecule has 0 saturated carbocycles. The van der Waals surface area contributed by atoms with Gasteiger partial charge in [0.05, 0.1) is 26.4 Å². The molecule has 2 aromatic rings. The maximum Gasteiger partial charge on any atom is 0.191 e. The highest BCUT2D eigenvalue weighted by atomic mass is 19.1. The van der Waals surface area contributed by atoms with Crippen molar-refractivity contribution in [3.63, 3.8) is 0 Å². The van der Waals surface area contributed by atoms with Crippen molar-refractivity contribution < 1.29 is 13.9 Å². The first-order chi connectivity index (χ1) is 14.6. The molecule has 0 radical (unpaired) electrons. The molecule has 7 heteroatoms. The standard InChI is InChI=1S/C23H31FN4O2/c1-17-4-5-19(22(14-17)29-3)15-26-23(25-2)27-16-21(28-10-12-30-13-11-28)18-6-8-20(24)9-7-18/h4-9,14,21H,10-13,15-16H2,1-3H3,(H2,25,26,27). The van der Waals surface area contributed by atoms with Crippen molar-refractivity contribution in [3.05, 3.63) is 65.0 Å². The second-order valence-electron chi connectivity index (χ2n) is 7.34. The van der Waals surface area contributed by atoms with Gasteiger partial charge in [-0.3, -0.25) is 9.89 Å². The number of ether oxygens (including phenoxy) is 2. The van der Waals surface area contributed by atoms with Crippen LogP contribution in [0.25, 0.3) is 0 Å². The summed E-state index contributed by atoms with van der Waals surface area (Å²) >= 11 is 0. The van der Waals surface area contributed by atoms with Crippen LogP contribution >= 0.6 is 0 Å². The molecule has 1 aliphatic rings. The Kier molecular flexibility index (Phi) is 8.04. The highest BCUT2D eigenvalue weighted by molar-refractivity contribution is 5.79. The second kappa shape index (κ2) is 10.9. The fourth-order valence-corrected chi connectivity index (χ4v) is 3.62. The number of aliphatic imine (C=N–C) groups is 1. The smallest absolute Gasteiger partial charge is 0.191 e. The van der Waals surface area contributed by atoms with Crippen LogP contribution in [0.2, 0.25) is 0 Å². The summed E-state index contributed by atoms with van der Waals surface area (Å²) in [6.07, 6.45) is 0. The molecule has 1 aliphatic heterocycles. The maximum absolute atomic E-state index is 13.4. The molecule has 1 heterocycles. The quantitative estimate of drug-likeness (QED) is 0.539. The van der Waals surface area contributed by atoms with Gasteiger partial charge in [0.15, 0.2) is 5.96 Å².